The lowest BCUT2D eigenvalue weighted by Gasteiger charge is -2.30. The summed E-state index contributed by atoms with van der Waals surface area (Å²) in [6, 6.07) is 5.11. The van der Waals surface area contributed by atoms with E-state index in [9.17, 15) is 4.79 Å². The Kier molecular flexibility index (Phi) is 4.90. The number of benzene rings is 1. The molecule has 1 saturated heterocycles. The summed E-state index contributed by atoms with van der Waals surface area (Å²) in [7, 11) is 3.10. The summed E-state index contributed by atoms with van der Waals surface area (Å²) in [6.07, 6.45) is 1.38. The number of hydrogen-bond acceptors (Lipinski definition) is 4. The first-order valence-electron chi connectivity index (χ1n) is 6.74. The lowest BCUT2D eigenvalue weighted by Crippen LogP contribution is -2.39. The predicted molar refractivity (Wildman–Crippen MR) is 77.6 cm³/mol. The van der Waals surface area contributed by atoms with Gasteiger partial charge < -0.3 is 14.4 Å². The second-order valence-corrected chi connectivity index (χ2v) is 4.83. The van der Waals surface area contributed by atoms with Crippen molar-refractivity contribution in [3.05, 3.63) is 34.2 Å². The van der Waals surface area contributed by atoms with Crippen molar-refractivity contribution in [2.45, 2.75) is 18.9 Å². The van der Waals surface area contributed by atoms with E-state index in [0.717, 1.165) is 0 Å². The molecule has 112 valence electrons. The highest BCUT2D eigenvalue weighted by atomic mass is 16.5. The molecule has 1 aromatic rings. The number of azide groups is 1. The molecule has 0 N–H and O–H groups in total. The van der Waals surface area contributed by atoms with Crippen molar-refractivity contribution >= 4 is 5.91 Å². The Balaban J connectivity index is 2.11. The first-order valence-corrected chi connectivity index (χ1v) is 6.74. The molecule has 7 nitrogen and oxygen atoms in total. The van der Waals surface area contributed by atoms with Crippen LogP contribution in [0.5, 0.6) is 11.5 Å². The average molecular weight is 290 g/mol. The van der Waals surface area contributed by atoms with Gasteiger partial charge in [-0.15, -0.1) is 0 Å². The number of hydrogen-bond donors (Lipinski definition) is 0. The van der Waals surface area contributed by atoms with Gasteiger partial charge in [0, 0.05) is 35.7 Å². The fourth-order valence-corrected chi connectivity index (χ4v) is 2.37. The summed E-state index contributed by atoms with van der Waals surface area (Å²) < 4.78 is 10.4. The van der Waals surface area contributed by atoms with Crippen LogP contribution in [0.15, 0.2) is 23.3 Å². The molecular weight excluding hydrogens is 272 g/mol. The molecule has 0 atom stereocenters. The molecule has 0 radical (unpaired) electrons. The second kappa shape index (κ2) is 6.85. The summed E-state index contributed by atoms with van der Waals surface area (Å²) in [6.45, 7) is 1.17. The van der Waals surface area contributed by atoms with Crippen LogP contribution < -0.4 is 9.47 Å². The third kappa shape index (κ3) is 3.58. The van der Waals surface area contributed by atoms with Crippen LogP contribution in [0, 0.1) is 0 Å². The van der Waals surface area contributed by atoms with Crippen LogP contribution in [0.2, 0.25) is 0 Å². The van der Waals surface area contributed by atoms with Gasteiger partial charge in [-0.1, -0.05) is 5.11 Å². The smallest absolute Gasteiger partial charge is 0.254 e. The van der Waals surface area contributed by atoms with Crippen molar-refractivity contribution < 1.29 is 14.3 Å². The van der Waals surface area contributed by atoms with Gasteiger partial charge >= 0.3 is 0 Å². The zero-order valence-corrected chi connectivity index (χ0v) is 12.2. The Morgan fingerprint density at radius 2 is 1.81 bits per heavy atom. The van der Waals surface area contributed by atoms with E-state index in [4.69, 9.17) is 15.0 Å². The number of piperidine rings is 1. The highest BCUT2D eigenvalue weighted by Gasteiger charge is 2.23. The molecular formula is C14H18N4O3. The maximum Gasteiger partial charge on any atom is 0.254 e. The molecule has 1 aliphatic rings. The van der Waals surface area contributed by atoms with E-state index in [1.165, 1.54) is 0 Å². The molecule has 1 fully saturated rings. The van der Waals surface area contributed by atoms with Gasteiger partial charge in [-0.3, -0.25) is 4.79 Å². The lowest BCUT2D eigenvalue weighted by molar-refractivity contribution is 0.0714. The predicted octanol–water partition coefficient (Wildman–Crippen LogP) is 2.62. The maximum absolute atomic E-state index is 12.5. The van der Waals surface area contributed by atoms with Gasteiger partial charge in [0.25, 0.3) is 5.91 Å². The van der Waals surface area contributed by atoms with E-state index in [1.807, 2.05) is 0 Å². The van der Waals surface area contributed by atoms with E-state index >= 15 is 0 Å². The largest absolute Gasteiger partial charge is 0.497 e. The van der Waals surface area contributed by atoms with Gasteiger partial charge in [-0.25, -0.2) is 0 Å². The number of carbonyl (C=O) groups is 1. The third-order valence-electron chi connectivity index (χ3n) is 3.57. The molecule has 21 heavy (non-hydrogen) atoms. The highest BCUT2D eigenvalue weighted by Crippen LogP contribution is 2.24. The maximum atomic E-state index is 12.5. The average Bonchev–Trinajstić information content (AvgIpc) is 2.54. The Morgan fingerprint density at radius 1 is 1.24 bits per heavy atom. The summed E-state index contributed by atoms with van der Waals surface area (Å²) in [4.78, 5) is 17.1. The third-order valence-corrected chi connectivity index (χ3v) is 3.57. The van der Waals surface area contributed by atoms with Crippen LogP contribution in [0.1, 0.15) is 23.2 Å². The number of ether oxygens (including phenoxy) is 2. The topological polar surface area (TPSA) is 87.5 Å². The molecule has 0 bridgehead atoms. The van der Waals surface area contributed by atoms with E-state index in [-0.39, 0.29) is 11.9 Å². The van der Waals surface area contributed by atoms with Crippen molar-refractivity contribution in [1.29, 1.82) is 0 Å². The van der Waals surface area contributed by atoms with E-state index in [0.29, 0.717) is 43.0 Å². The van der Waals surface area contributed by atoms with E-state index in [1.54, 1.807) is 37.3 Å². The fraction of sp³-hybridized carbons (Fsp3) is 0.500. The molecule has 7 heteroatoms. The SMILES string of the molecule is COc1cc(OC)cc(C(=O)N2CCC(N=[N+]=[N-])CC2)c1. The fourth-order valence-electron chi connectivity index (χ4n) is 2.37. The first kappa shape index (κ1) is 15.0. The second-order valence-electron chi connectivity index (χ2n) is 4.83. The molecule has 0 aliphatic carbocycles. The summed E-state index contributed by atoms with van der Waals surface area (Å²) in [5.41, 5.74) is 8.97. The Hall–Kier alpha value is -2.40. The number of amides is 1. The van der Waals surface area contributed by atoms with Gasteiger partial charge in [-0.05, 0) is 30.5 Å². The Bertz CT molecular complexity index is 539. The summed E-state index contributed by atoms with van der Waals surface area (Å²) >= 11 is 0. The monoisotopic (exact) mass is 290 g/mol. The number of nitrogens with zero attached hydrogens (tertiary/aromatic N) is 4. The number of likely N-dealkylation sites (tertiary alicyclic amines) is 1. The van der Waals surface area contributed by atoms with E-state index in [2.05, 4.69) is 10.0 Å². The van der Waals surface area contributed by atoms with Crippen LogP contribution in [-0.2, 0) is 0 Å². The Labute approximate surface area is 123 Å². The van der Waals surface area contributed by atoms with Crippen LogP contribution in [0.25, 0.3) is 10.4 Å². The molecule has 1 aromatic carbocycles. The minimum atomic E-state index is -0.0633. The van der Waals surface area contributed by atoms with Crippen molar-refractivity contribution in [2.24, 2.45) is 5.11 Å². The molecule has 2 rings (SSSR count). The van der Waals surface area contributed by atoms with Crippen molar-refractivity contribution in [2.75, 3.05) is 27.3 Å². The van der Waals surface area contributed by atoms with Gasteiger partial charge in [0.1, 0.15) is 11.5 Å². The van der Waals surface area contributed by atoms with Crippen LogP contribution in [0.3, 0.4) is 0 Å². The van der Waals surface area contributed by atoms with Gasteiger partial charge in [0.05, 0.1) is 14.2 Å². The number of methoxy groups -OCH3 is 2. The van der Waals surface area contributed by atoms with Crippen molar-refractivity contribution in [1.82, 2.24) is 4.90 Å². The molecule has 1 amide bonds. The lowest BCUT2D eigenvalue weighted by atomic mass is 10.0. The summed E-state index contributed by atoms with van der Waals surface area (Å²) in [5, 5.41) is 3.71. The molecule has 0 unspecified atom stereocenters. The van der Waals surface area contributed by atoms with Gasteiger partial charge in [0.2, 0.25) is 0 Å². The van der Waals surface area contributed by atoms with Crippen molar-refractivity contribution in [3.63, 3.8) is 0 Å². The summed E-state index contributed by atoms with van der Waals surface area (Å²) in [5.74, 6) is 1.11. The zero-order valence-electron chi connectivity index (χ0n) is 12.2. The van der Waals surface area contributed by atoms with Crippen molar-refractivity contribution in [3.8, 4) is 11.5 Å². The standard InChI is InChI=1S/C14H18N4O3/c1-20-12-7-10(8-13(9-12)21-2)14(19)18-5-3-11(4-6-18)16-17-15/h7-9,11H,3-6H2,1-2H3. The highest BCUT2D eigenvalue weighted by molar-refractivity contribution is 5.95. The molecule has 1 aliphatic heterocycles. The van der Waals surface area contributed by atoms with Crippen LogP contribution >= 0.6 is 0 Å². The van der Waals surface area contributed by atoms with Crippen LogP contribution in [0.4, 0.5) is 0 Å². The minimum Gasteiger partial charge on any atom is -0.497 e. The van der Waals surface area contributed by atoms with Gasteiger partial charge in [0.15, 0.2) is 0 Å². The number of rotatable bonds is 4. The molecule has 0 aromatic heterocycles. The molecule has 0 spiro atoms. The molecule has 0 saturated carbocycles. The first-order chi connectivity index (χ1) is 10.2. The number of carbonyl (C=O) groups excluding carboxylic acids is 1. The minimum absolute atomic E-state index is 0.0149. The van der Waals surface area contributed by atoms with E-state index < -0.39 is 0 Å². The van der Waals surface area contributed by atoms with Crippen LogP contribution in [-0.4, -0.2) is 44.2 Å². The zero-order chi connectivity index (χ0) is 15.2. The quantitative estimate of drug-likeness (QED) is 0.485. The van der Waals surface area contributed by atoms with Gasteiger partial charge in [-0.2, -0.15) is 0 Å². The molecule has 1 heterocycles. The normalized spacial score (nSPS) is 15.2. The Morgan fingerprint density at radius 3 is 2.29 bits per heavy atom.